The zero-order chi connectivity index (χ0) is 17.2. The van der Waals surface area contributed by atoms with Gasteiger partial charge in [-0.15, -0.1) is 0 Å². The van der Waals surface area contributed by atoms with Crippen LogP contribution in [0, 0.1) is 6.92 Å². The Morgan fingerprint density at radius 2 is 2.17 bits per heavy atom. The van der Waals surface area contributed by atoms with E-state index < -0.39 is 5.91 Å². The molecular formula is C17H26N4O2. The number of aryl methyl sites for hydroxylation is 1. The molecule has 0 saturated carbocycles. The molecule has 0 fully saturated rings. The Bertz CT molecular complexity index is 588. The summed E-state index contributed by atoms with van der Waals surface area (Å²) < 4.78 is 1.96. The molecule has 0 bridgehead atoms. The van der Waals surface area contributed by atoms with E-state index in [1.165, 1.54) is 17.6 Å². The minimum atomic E-state index is -0.572. The van der Waals surface area contributed by atoms with Gasteiger partial charge in [0.25, 0.3) is 5.91 Å². The molecule has 6 nitrogen and oxygen atoms in total. The van der Waals surface area contributed by atoms with Gasteiger partial charge in [0.05, 0.1) is 11.4 Å². The highest BCUT2D eigenvalue weighted by molar-refractivity contribution is 5.86. The van der Waals surface area contributed by atoms with Crippen molar-refractivity contribution in [3.8, 4) is 0 Å². The van der Waals surface area contributed by atoms with Crippen molar-refractivity contribution in [3.05, 3.63) is 42.0 Å². The highest BCUT2D eigenvalue weighted by Gasteiger charge is 2.13. The number of carbonyl (C=O) groups is 1. The first-order valence-electron chi connectivity index (χ1n) is 7.78. The molecule has 0 spiro atoms. The molecule has 0 atom stereocenters. The van der Waals surface area contributed by atoms with Gasteiger partial charge < -0.3 is 4.57 Å². The molecule has 0 aliphatic rings. The van der Waals surface area contributed by atoms with E-state index in [-0.39, 0.29) is 0 Å². The third kappa shape index (κ3) is 5.50. The molecular weight excluding hydrogens is 292 g/mol. The number of hydrogen-bond donors (Lipinski definition) is 2. The highest BCUT2D eigenvalue weighted by Crippen LogP contribution is 2.16. The molecule has 1 aromatic rings. The zero-order valence-corrected chi connectivity index (χ0v) is 14.1. The number of amides is 1. The molecule has 0 saturated heterocycles. The average molecular weight is 318 g/mol. The van der Waals surface area contributed by atoms with Gasteiger partial charge in [-0.1, -0.05) is 32.6 Å². The van der Waals surface area contributed by atoms with Crippen LogP contribution in [0.5, 0.6) is 0 Å². The SMILES string of the molecule is C=Cn1c(C=CC=CC(=O)NO)nc(C)c1CN(CC)CCC. The minimum Gasteiger partial charge on any atom is -0.303 e. The van der Waals surface area contributed by atoms with Crippen LogP contribution in [-0.4, -0.2) is 38.7 Å². The second kappa shape index (κ2) is 9.76. The van der Waals surface area contributed by atoms with Crippen LogP contribution in [0.1, 0.15) is 37.5 Å². The van der Waals surface area contributed by atoms with Crippen LogP contribution in [0.3, 0.4) is 0 Å². The molecule has 1 amide bonds. The number of nitrogens with zero attached hydrogens (tertiary/aromatic N) is 3. The Balaban J connectivity index is 2.97. The maximum atomic E-state index is 10.9. The Labute approximate surface area is 137 Å². The Kier molecular flexibility index (Phi) is 8.01. The molecule has 0 unspecified atom stereocenters. The molecule has 1 aromatic heterocycles. The fourth-order valence-corrected chi connectivity index (χ4v) is 2.31. The predicted molar refractivity (Wildman–Crippen MR) is 92.7 cm³/mol. The third-order valence-corrected chi connectivity index (χ3v) is 3.49. The van der Waals surface area contributed by atoms with Gasteiger partial charge in [-0.05, 0) is 32.5 Å². The van der Waals surface area contributed by atoms with Crippen molar-refractivity contribution in [1.82, 2.24) is 19.9 Å². The molecule has 0 aliphatic carbocycles. The molecule has 126 valence electrons. The smallest absolute Gasteiger partial charge is 0.267 e. The second-order valence-corrected chi connectivity index (χ2v) is 5.12. The molecule has 0 aliphatic heterocycles. The molecule has 6 heteroatoms. The topological polar surface area (TPSA) is 70.4 Å². The lowest BCUT2D eigenvalue weighted by molar-refractivity contribution is -0.124. The van der Waals surface area contributed by atoms with Crippen molar-refractivity contribution in [1.29, 1.82) is 0 Å². The van der Waals surface area contributed by atoms with Crippen LogP contribution in [-0.2, 0) is 11.3 Å². The normalized spacial score (nSPS) is 11.7. The summed E-state index contributed by atoms with van der Waals surface area (Å²) in [4.78, 5) is 17.8. The highest BCUT2D eigenvalue weighted by atomic mass is 16.5. The van der Waals surface area contributed by atoms with Gasteiger partial charge in [0.2, 0.25) is 0 Å². The first-order valence-corrected chi connectivity index (χ1v) is 7.78. The number of hydrogen-bond acceptors (Lipinski definition) is 4. The number of hydroxylamine groups is 1. The van der Waals surface area contributed by atoms with Crippen molar-refractivity contribution in [2.45, 2.75) is 33.7 Å². The van der Waals surface area contributed by atoms with Crippen molar-refractivity contribution in [3.63, 3.8) is 0 Å². The molecule has 1 rings (SSSR count). The van der Waals surface area contributed by atoms with Gasteiger partial charge in [-0.25, -0.2) is 10.5 Å². The van der Waals surface area contributed by atoms with Gasteiger partial charge in [-0.3, -0.25) is 14.9 Å². The van der Waals surface area contributed by atoms with E-state index in [9.17, 15) is 4.79 Å². The van der Waals surface area contributed by atoms with Crippen molar-refractivity contribution in [2.24, 2.45) is 0 Å². The predicted octanol–water partition coefficient (Wildman–Crippen LogP) is 2.60. The zero-order valence-electron chi connectivity index (χ0n) is 14.1. The van der Waals surface area contributed by atoms with Crippen LogP contribution in [0.25, 0.3) is 12.3 Å². The Morgan fingerprint density at radius 3 is 2.74 bits per heavy atom. The lowest BCUT2D eigenvalue weighted by atomic mass is 10.3. The standard InChI is InChI=1S/C17H26N4O2/c1-5-12-20(6-2)13-15-14(4)18-16(21(15)7-3)10-8-9-11-17(22)19-23/h7-11,23H,3,5-6,12-13H2,1-2,4H3,(H,19,22). The Morgan fingerprint density at radius 1 is 1.43 bits per heavy atom. The van der Waals surface area contributed by atoms with Crippen molar-refractivity contribution in [2.75, 3.05) is 13.1 Å². The molecule has 0 aromatic carbocycles. The number of allylic oxidation sites excluding steroid dienone is 2. The van der Waals surface area contributed by atoms with Gasteiger partial charge >= 0.3 is 0 Å². The summed E-state index contributed by atoms with van der Waals surface area (Å²) in [7, 11) is 0. The average Bonchev–Trinajstić information content (AvgIpc) is 2.85. The minimum absolute atomic E-state index is 0.572. The van der Waals surface area contributed by atoms with Crippen LogP contribution in [0.15, 0.2) is 24.8 Å². The van der Waals surface area contributed by atoms with E-state index in [0.717, 1.165) is 43.3 Å². The third-order valence-electron chi connectivity index (χ3n) is 3.49. The second-order valence-electron chi connectivity index (χ2n) is 5.12. The van der Waals surface area contributed by atoms with Gasteiger partial charge in [0.1, 0.15) is 5.82 Å². The number of aromatic nitrogens is 2. The van der Waals surface area contributed by atoms with E-state index >= 15 is 0 Å². The molecule has 23 heavy (non-hydrogen) atoms. The monoisotopic (exact) mass is 318 g/mol. The lowest BCUT2D eigenvalue weighted by Gasteiger charge is -2.20. The van der Waals surface area contributed by atoms with Crippen LogP contribution >= 0.6 is 0 Å². The van der Waals surface area contributed by atoms with Gasteiger partial charge in [0.15, 0.2) is 0 Å². The lowest BCUT2D eigenvalue weighted by Crippen LogP contribution is -2.25. The van der Waals surface area contributed by atoms with E-state index in [0.29, 0.717) is 0 Å². The van der Waals surface area contributed by atoms with Crippen LogP contribution in [0.2, 0.25) is 0 Å². The maximum absolute atomic E-state index is 10.9. The summed E-state index contributed by atoms with van der Waals surface area (Å²) in [5.41, 5.74) is 3.62. The summed E-state index contributed by atoms with van der Waals surface area (Å²) >= 11 is 0. The van der Waals surface area contributed by atoms with Crippen molar-refractivity contribution < 1.29 is 10.0 Å². The summed E-state index contributed by atoms with van der Waals surface area (Å²) in [5, 5.41) is 8.41. The van der Waals surface area contributed by atoms with Crippen LogP contribution < -0.4 is 5.48 Å². The van der Waals surface area contributed by atoms with Gasteiger partial charge in [-0.2, -0.15) is 0 Å². The number of rotatable bonds is 9. The fourth-order valence-electron chi connectivity index (χ4n) is 2.31. The van der Waals surface area contributed by atoms with Crippen LogP contribution in [0.4, 0.5) is 0 Å². The van der Waals surface area contributed by atoms with E-state index in [1.807, 2.05) is 11.5 Å². The molecule has 0 radical (unpaired) electrons. The van der Waals surface area contributed by atoms with E-state index in [2.05, 4.69) is 30.3 Å². The quantitative estimate of drug-likeness (QED) is 0.318. The summed E-state index contributed by atoms with van der Waals surface area (Å²) in [6, 6.07) is 0. The first kappa shape index (κ1) is 18.9. The van der Waals surface area contributed by atoms with E-state index in [1.54, 1.807) is 18.4 Å². The van der Waals surface area contributed by atoms with E-state index in [4.69, 9.17) is 5.21 Å². The fraction of sp³-hybridized carbons (Fsp3) is 0.412. The maximum Gasteiger partial charge on any atom is 0.267 e. The number of carbonyl (C=O) groups excluding carboxylic acids is 1. The molecule has 1 heterocycles. The van der Waals surface area contributed by atoms with Crippen molar-refractivity contribution >= 4 is 18.2 Å². The summed E-state index contributed by atoms with van der Waals surface area (Å²) in [5.74, 6) is 0.186. The number of nitrogens with one attached hydrogen (secondary N) is 1. The summed E-state index contributed by atoms with van der Waals surface area (Å²) in [6.45, 7) is 13.0. The Hall–Kier alpha value is -2.18. The number of imidazole rings is 1. The first-order chi connectivity index (χ1) is 11.1. The molecule has 2 N–H and O–H groups in total. The largest absolute Gasteiger partial charge is 0.303 e. The van der Waals surface area contributed by atoms with Gasteiger partial charge in [0, 0.05) is 18.8 Å². The summed E-state index contributed by atoms with van der Waals surface area (Å²) in [6.07, 6.45) is 9.13.